The Labute approximate surface area is 128 Å². The largest absolute Gasteiger partial charge is 0.310 e. The number of nitrogens with one attached hydrogen (secondary N) is 1. The van der Waals surface area contributed by atoms with Gasteiger partial charge in [0.05, 0.1) is 0 Å². The van der Waals surface area contributed by atoms with Crippen molar-refractivity contribution >= 4 is 0 Å². The molecule has 1 fully saturated rings. The summed E-state index contributed by atoms with van der Waals surface area (Å²) in [6, 6.07) is 20.2. The summed E-state index contributed by atoms with van der Waals surface area (Å²) in [7, 11) is 0. The van der Waals surface area contributed by atoms with Crippen LogP contribution in [0.4, 0.5) is 0 Å². The highest BCUT2D eigenvalue weighted by molar-refractivity contribution is 5.63. The molecule has 2 aromatic carbocycles. The lowest BCUT2D eigenvalue weighted by Crippen LogP contribution is -2.36. The van der Waals surface area contributed by atoms with Crippen LogP contribution in [-0.4, -0.2) is 6.04 Å². The van der Waals surface area contributed by atoms with Gasteiger partial charge in [-0.3, -0.25) is 0 Å². The number of rotatable bonds is 4. The van der Waals surface area contributed by atoms with Gasteiger partial charge in [0.1, 0.15) is 0 Å². The molecule has 1 aliphatic carbocycles. The van der Waals surface area contributed by atoms with E-state index in [0.29, 0.717) is 6.04 Å². The van der Waals surface area contributed by atoms with Crippen LogP contribution in [-0.2, 0) is 6.54 Å². The van der Waals surface area contributed by atoms with Gasteiger partial charge in [-0.05, 0) is 35.4 Å². The molecular weight excluding hydrogens is 254 g/mol. The van der Waals surface area contributed by atoms with Crippen molar-refractivity contribution in [3.63, 3.8) is 0 Å². The van der Waals surface area contributed by atoms with Gasteiger partial charge in [0.2, 0.25) is 0 Å². The van der Waals surface area contributed by atoms with Gasteiger partial charge in [-0.15, -0.1) is 0 Å². The molecule has 1 saturated carbocycles. The molecule has 0 bridgehead atoms. The first-order chi connectivity index (χ1) is 10.3. The van der Waals surface area contributed by atoms with Crippen LogP contribution in [0.2, 0.25) is 0 Å². The van der Waals surface area contributed by atoms with Gasteiger partial charge >= 0.3 is 0 Å². The standard InChI is InChI=1S/C20H25N/c1-16-7-5-6-10-20(16)21-15-17-11-13-19(14-12-17)18-8-3-2-4-9-18/h2-4,8-9,11-14,16,20-21H,5-7,10,15H2,1H3. The summed E-state index contributed by atoms with van der Waals surface area (Å²) in [5, 5.41) is 3.75. The third-order valence-electron chi connectivity index (χ3n) is 4.74. The Morgan fingerprint density at radius 2 is 1.52 bits per heavy atom. The molecule has 1 aliphatic rings. The van der Waals surface area contributed by atoms with Gasteiger partial charge in [-0.2, -0.15) is 0 Å². The van der Waals surface area contributed by atoms with Gasteiger partial charge in [0.25, 0.3) is 0 Å². The van der Waals surface area contributed by atoms with Crippen molar-refractivity contribution in [2.45, 2.75) is 45.2 Å². The van der Waals surface area contributed by atoms with Crippen molar-refractivity contribution in [3.8, 4) is 11.1 Å². The topological polar surface area (TPSA) is 12.0 Å². The highest BCUT2D eigenvalue weighted by Crippen LogP contribution is 2.24. The fourth-order valence-electron chi connectivity index (χ4n) is 3.31. The Morgan fingerprint density at radius 3 is 2.24 bits per heavy atom. The minimum Gasteiger partial charge on any atom is -0.310 e. The van der Waals surface area contributed by atoms with Crippen molar-refractivity contribution < 1.29 is 0 Å². The van der Waals surface area contributed by atoms with E-state index in [4.69, 9.17) is 0 Å². The van der Waals surface area contributed by atoms with E-state index in [1.807, 2.05) is 0 Å². The van der Waals surface area contributed by atoms with Crippen molar-refractivity contribution in [1.82, 2.24) is 5.32 Å². The minimum absolute atomic E-state index is 0.701. The average Bonchev–Trinajstić information content (AvgIpc) is 2.55. The van der Waals surface area contributed by atoms with E-state index >= 15 is 0 Å². The quantitative estimate of drug-likeness (QED) is 0.828. The number of hydrogen-bond acceptors (Lipinski definition) is 1. The van der Waals surface area contributed by atoms with Crippen LogP contribution in [0.15, 0.2) is 54.6 Å². The molecule has 1 N–H and O–H groups in total. The maximum atomic E-state index is 3.75. The lowest BCUT2D eigenvalue weighted by atomic mass is 9.86. The molecule has 110 valence electrons. The van der Waals surface area contributed by atoms with E-state index in [0.717, 1.165) is 12.5 Å². The van der Waals surface area contributed by atoms with Gasteiger partial charge in [0, 0.05) is 12.6 Å². The average molecular weight is 279 g/mol. The summed E-state index contributed by atoms with van der Waals surface area (Å²) < 4.78 is 0. The highest BCUT2D eigenvalue weighted by atomic mass is 14.9. The SMILES string of the molecule is CC1CCCCC1NCc1ccc(-c2ccccc2)cc1. The fraction of sp³-hybridized carbons (Fsp3) is 0.400. The number of hydrogen-bond donors (Lipinski definition) is 1. The molecule has 0 spiro atoms. The van der Waals surface area contributed by atoms with Crippen LogP contribution < -0.4 is 5.32 Å². The van der Waals surface area contributed by atoms with Gasteiger partial charge < -0.3 is 5.32 Å². The molecule has 1 heteroatoms. The van der Waals surface area contributed by atoms with Gasteiger partial charge in [-0.1, -0.05) is 74.4 Å². The van der Waals surface area contributed by atoms with E-state index in [1.165, 1.54) is 42.4 Å². The molecule has 2 aromatic rings. The normalized spacial score (nSPS) is 22.1. The Kier molecular flexibility index (Phi) is 4.72. The Bertz CT molecular complexity index is 544. The zero-order valence-electron chi connectivity index (χ0n) is 12.9. The second-order valence-electron chi connectivity index (χ2n) is 6.31. The zero-order chi connectivity index (χ0) is 14.5. The smallest absolute Gasteiger partial charge is 0.0208 e. The van der Waals surface area contributed by atoms with Crippen LogP contribution >= 0.6 is 0 Å². The fourth-order valence-corrected chi connectivity index (χ4v) is 3.31. The maximum Gasteiger partial charge on any atom is 0.0208 e. The highest BCUT2D eigenvalue weighted by Gasteiger charge is 2.20. The summed E-state index contributed by atoms with van der Waals surface area (Å²) in [4.78, 5) is 0. The Morgan fingerprint density at radius 1 is 0.857 bits per heavy atom. The van der Waals surface area contributed by atoms with Crippen molar-refractivity contribution in [2.75, 3.05) is 0 Å². The van der Waals surface area contributed by atoms with Crippen LogP contribution in [0.1, 0.15) is 38.2 Å². The van der Waals surface area contributed by atoms with Gasteiger partial charge in [0.15, 0.2) is 0 Å². The lowest BCUT2D eigenvalue weighted by Gasteiger charge is -2.29. The van der Waals surface area contributed by atoms with E-state index in [2.05, 4.69) is 66.8 Å². The van der Waals surface area contributed by atoms with Crippen LogP contribution in [0, 0.1) is 5.92 Å². The molecular formula is C20H25N. The molecule has 0 heterocycles. The lowest BCUT2D eigenvalue weighted by molar-refractivity contribution is 0.279. The van der Waals surface area contributed by atoms with E-state index < -0.39 is 0 Å². The monoisotopic (exact) mass is 279 g/mol. The molecule has 0 aromatic heterocycles. The third kappa shape index (κ3) is 3.74. The number of benzene rings is 2. The Hall–Kier alpha value is -1.60. The molecule has 0 radical (unpaired) electrons. The summed E-state index contributed by atoms with van der Waals surface area (Å²) in [6.45, 7) is 3.37. The maximum absolute atomic E-state index is 3.75. The third-order valence-corrected chi connectivity index (χ3v) is 4.74. The molecule has 2 unspecified atom stereocenters. The predicted octanol–water partition coefficient (Wildman–Crippen LogP) is 5.02. The van der Waals surface area contributed by atoms with E-state index in [1.54, 1.807) is 0 Å². The molecule has 0 amide bonds. The molecule has 1 nitrogen and oxygen atoms in total. The summed E-state index contributed by atoms with van der Waals surface area (Å²) in [5.41, 5.74) is 3.97. The molecule has 0 aliphatic heterocycles. The predicted molar refractivity (Wildman–Crippen MR) is 90.1 cm³/mol. The summed E-state index contributed by atoms with van der Waals surface area (Å²) >= 11 is 0. The second-order valence-corrected chi connectivity index (χ2v) is 6.31. The van der Waals surface area contributed by atoms with Crippen LogP contribution in [0.5, 0.6) is 0 Å². The van der Waals surface area contributed by atoms with Crippen molar-refractivity contribution in [3.05, 3.63) is 60.2 Å². The zero-order valence-corrected chi connectivity index (χ0v) is 12.9. The van der Waals surface area contributed by atoms with Crippen molar-refractivity contribution in [1.29, 1.82) is 0 Å². The first-order valence-electron chi connectivity index (χ1n) is 8.21. The van der Waals surface area contributed by atoms with E-state index in [9.17, 15) is 0 Å². The summed E-state index contributed by atoms with van der Waals surface area (Å²) in [6.07, 6.45) is 5.51. The molecule has 3 rings (SSSR count). The molecule has 0 saturated heterocycles. The van der Waals surface area contributed by atoms with Gasteiger partial charge in [-0.25, -0.2) is 0 Å². The first kappa shape index (κ1) is 14.3. The first-order valence-corrected chi connectivity index (χ1v) is 8.21. The van der Waals surface area contributed by atoms with E-state index in [-0.39, 0.29) is 0 Å². The Balaban J connectivity index is 1.60. The molecule has 21 heavy (non-hydrogen) atoms. The minimum atomic E-state index is 0.701. The van der Waals surface area contributed by atoms with Crippen molar-refractivity contribution in [2.24, 2.45) is 5.92 Å². The second kappa shape index (κ2) is 6.91. The summed E-state index contributed by atoms with van der Waals surface area (Å²) in [5.74, 6) is 0.822. The molecule has 2 atom stereocenters. The van der Waals surface area contributed by atoms with Crippen LogP contribution in [0.3, 0.4) is 0 Å². The van der Waals surface area contributed by atoms with Crippen LogP contribution in [0.25, 0.3) is 11.1 Å².